The third-order valence-electron chi connectivity index (χ3n) is 4.14. The number of hydrogen-bond acceptors (Lipinski definition) is 4. The van der Waals surface area contributed by atoms with Gasteiger partial charge in [-0.15, -0.1) is 0 Å². The minimum Gasteiger partial charge on any atom is -0.388 e. The topological polar surface area (TPSA) is 82.1 Å². The van der Waals surface area contributed by atoms with Crippen LogP contribution in [0.15, 0.2) is 15.9 Å². The van der Waals surface area contributed by atoms with Gasteiger partial charge in [-0.05, 0) is 6.92 Å². The maximum absolute atomic E-state index is 12.3. The van der Waals surface area contributed by atoms with E-state index in [2.05, 4.69) is 19.1 Å². The van der Waals surface area contributed by atoms with Crippen molar-refractivity contribution in [3.8, 4) is 0 Å². The molecule has 0 aliphatic carbocycles. The predicted molar refractivity (Wildman–Crippen MR) is 88.4 cm³/mol. The van der Waals surface area contributed by atoms with E-state index in [9.17, 15) is 14.7 Å². The first kappa shape index (κ1) is 17.4. The molecule has 0 aromatic carbocycles. The van der Waals surface area contributed by atoms with Gasteiger partial charge in [0.25, 0.3) is 5.56 Å². The lowest BCUT2D eigenvalue weighted by Gasteiger charge is -2.31. The van der Waals surface area contributed by atoms with Gasteiger partial charge in [0.15, 0.2) is 11.2 Å². The van der Waals surface area contributed by atoms with Crippen LogP contribution in [0.4, 0.5) is 0 Å². The summed E-state index contributed by atoms with van der Waals surface area (Å²) in [5, 5.41) is 9.53. The highest BCUT2D eigenvalue weighted by atomic mass is 16.3. The third-order valence-corrected chi connectivity index (χ3v) is 4.14. The number of aliphatic hydroxyl groups is 1. The Bertz CT molecular complexity index is 813. The zero-order valence-electron chi connectivity index (χ0n) is 14.5. The standard InChI is InChI=1S/C15H26N5O3/c1-11(21)9-20(4,5)8-6-7-19-10-16-13-12(19)14(22)18(3)15(23)17(13)2/h10-11,21H,6-9H2,1-5H3/q+1. The fraction of sp³-hybridized carbons (Fsp3) is 0.667. The number of fused-ring (bicyclic) bond motifs is 1. The van der Waals surface area contributed by atoms with Crippen molar-refractivity contribution in [2.45, 2.75) is 26.0 Å². The van der Waals surface area contributed by atoms with Gasteiger partial charge >= 0.3 is 5.69 Å². The van der Waals surface area contributed by atoms with E-state index >= 15 is 0 Å². The number of aryl methyl sites for hydroxylation is 2. The van der Waals surface area contributed by atoms with Crippen molar-refractivity contribution in [1.29, 1.82) is 0 Å². The average Bonchev–Trinajstić information content (AvgIpc) is 2.85. The number of nitrogens with zero attached hydrogens (tertiary/aromatic N) is 5. The van der Waals surface area contributed by atoms with Crippen LogP contribution in [0, 0.1) is 0 Å². The summed E-state index contributed by atoms with van der Waals surface area (Å²) >= 11 is 0. The number of rotatable bonds is 6. The number of aromatic nitrogens is 4. The molecule has 1 atom stereocenters. The van der Waals surface area contributed by atoms with Gasteiger partial charge in [0.05, 0.1) is 27.0 Å². The quantitative estimate of drug-likeness (QED) is 0.711. The van der Waals surface area contributed by atoms with Gasteiger partial charge in [-0.2, -0.15) is 0 Å². The SMILES string of the molecule is CC(O)C[N+](C)(C)CCCn1cnc2c1c(=O)n(C)c(=O)n2C. The van der Waals surface area contributed by atoms with Crippen molar-refractivity contribution >= 4 is 11.2 Å². The predicted octanol–water partition coefficient (Wildman–Crippen LogP) is -0.719. The van der Waals surface area contributed by atoms with Crippen LogP contribution < -0.4 is 11.2 Å². The maximum atomic E-state index is 12.3. The number of quaternary nitrogens is 1. The molecule has 0 aliphatic heterocycles. The second kappa shape index (κ2) is 6.29. The molecule has 0 saturated heterocycles. The molecule has 23 heavy (non-hydrogen) atoms. The van der Waals surface area contributed by atoms with Crippen LogP contribution in [0.25, 0.3) is 11.2 Å². The van der Waals surface area contributed by atoms with Crippen LogP contribution in [-0.2, 0) is 20.6 Å². The van der Waals surface area contributed by atoms with E-state index in [0.717, 1.165) is 17.5 Å². The molecule has 1 unspecified atom stereocenters. The zero-order valence-corrected chi connectivity index (χ0v) is 14.5. The van der Waals surface area contributed by atoms with E-state index in [0.29, 0.717) is 28.7 Å². The number of hydrogen-bond donors (Lipinski definition) is 1. The van der Waals surface area contributed by atoms with Gasteiger partial charge < -0.3 is 14.2 Å². The molecule has 0 bridgehead atoms. The Morgan fingerprint density at radius 1 is 1.26 bits per heavy atom. The van der Waals surface area contributed by atoms with E-state index < -0.39 is 0 Å². The third kappa shape index (κ3) is 3.53. The summed E-state index contributed by atoms with van der Waals surface area (Å²) in [5.41, 5.74) is 0.173. The molecule has 128 valence electrons. The largest absolute Gasteiger partial charge is 0.388 e. The highest BCUT2D eigenvalue weighted by molar-refractivity contribution is 5.69. The second-order valence-electron chi connectivity index (χ2n) is 6.86. The minimum atomic E-state index is -0.373. The molecule has 2 aromatic heterocycles. The molecule has 8 heteroatoms. The first-order chi connectivity index (χ1) is 10.6. The molecule has 0 saturated carbocycles. The highest BCUT2D eigenvalue weighted by Gasteiger charge is 2.18. The Morgan fingerprint density at radius 2 is 1.91 bits per heavy atom. The fourth-order valence-electron chi connectivity index (χ4n) is 3.04. The molecule has 2 rings (SSSR count). The number of likely N-dealkylation sites (N-methyl/N-ethyl adjacent to an activating group) is 1. The zero-order chi connectivity index (χ0) is 17.4. The normalized spacial score (nSPS) is 13.7. The summed E-state index contributed by atoms with van der Waals surface area (Å²) in [7, 11) is 7.23. The Kier molecular flexibility index (Phi) is 4.76. The van der Waals surface area contributed by atoms with Crippen molar-refractivity contribution in [1.82, 2.24) is 18.7 Å². The van der Waals surface area contributed by atoms with Gasteiger partial charge in [0, 0.05) is 27.1 Å². The Morgan fingerprint density at radius 3 is 2.52 bits per heavy atom. The van der Waals surface area contributed by atoms with Crippen LogP contribution in [0.2, 0.25) is 0 Å². The van der Waals surface area contributed by atoms with Crippen LogP contribution in [0.3, 0.4) is 0 Å². The molecule has 8 nitrogen and oxygen atoms in total. The fourth-order valence-corrected chi connectivity index (χ4v) is 3.04. The number of aliphatic hydroxyl groups excluding tert-OH is 1. The molecule has 0 amide bonds. The van der Waals surface area contributed by atoms with Crippen LogP contribution in [0.1, 0.15) is 13.3 Å². The molecule has 1 N–H and O–H groups in total. The van der Waals surface area contributed by atoms with Crippen LogP contribution in [-0.4, -0.2) is 61.6 Å². The molecular formula is C15H26N5O3+. The summed E-state index contributed by atoms with van der Waals surface area (Å²) in [6.45, 7) is 3.98. The van der Waals surface area contributed by atoms with Crippen molar-refractivity contribution in [2.75, 3.05) is 27.2 Å². The van der Waals surface area contributed by atoms with E-state index in [1.807, 2.05) is 0 Å². The van der Waals surface area contributed by atoms with E-state index in [-0.39, 0.29) is 17.4 Å². The lowest BCUT2D eigenvalue weighted by molar-refractivity contribution is -0.893. The van der Waals surface area contributed by atoms with Crippen molar-refractivity contribution in [3.05, 3.63) is 27.2 Å². The first-order valence-corrected chi connectivity index (χ1v) is 7.75. The first-order valence-electron chi connectivity index (χ1n) is 7.75. The Balaban J connectivity index is 2.23. The molecule has 0 spiro atoms. The molecule has 0 fully saturated rings. The average molecular weight is 324 g/mol. The van der Waals surface area contributed by atoms with E-state index in [4.69, 9.17) is 0 Å². The molecule has 0 aliphatic rings. The monoisotopic (exact) mass is 324 g/mol. The summed E-state index contributed by atoms with van der Waals surface area (Å²) in [5.74, 6) is 0. The lowest BCUT2D eigenvalue weighted by atomic mass is 10.3. The van der Waals surface area contributed by atoms with Gasteiger partial charge in [0.1, 0.15) is 12.6 Å². The van der Waals surface area contributed by atoms with Gasteiger partial charge in [-0.1, -0.05) is 0 Å². The Hall–Kier alpha value is -1.93. The van der Waals surface area contributed by atoms with Gasteiger partial charge in [-0.3, -0.25) is 13.9 Å². The van der Waals surface area contributed by atoms with Crippen molar-refractivity contribution in [2.24, 2.45) is 14.1 Å². The van der Waals surface area contributed by atoms with E-state index in [1.165, 1.54) is 11.6 Å². The summed E-state index contributed by atoms with van der Waals surface area (Å²) < 4.78 is 5.01. The highest BCUT2D eigenvalue weighted by Crippen LogP contribution is 2.08. The van der Waals surface area contributed by atoms with Gasteiger partial charge in [0.2, 0.25) is 0 Å². The Labute approximate surface area is 134 Å². The van der Waals surface area contributed by atoms with Crippen molar-refractivity contribution < 1.29 is 9.59 Å². The van der Waals surface area contributed by atoms with Crippen LogP contribution >= 0.6 is 0 Å². The summed E-state index contributed by atoms with van der Waals surface area (Å²) in [4.78, 5) is 28.5. The minimum absolute atomic E-state index is 0.321. The van der Waals surface area contributed by atoms with Crippen LogP contribution in [0.5, 0.6) is 0 Å². The summed E-state index contributed by atoms with van der Waals surface area (Å²) in [6, 6.07) is 0. The second-order valence-corrected chi connectivity index (χ2v) is 6.86. The number of imidazole rings is 1. The smallest absolute Gasteiger partial charge is 0.332 e. The molecule has 0 radical (unpaired) electrons. The molecule has 2 heterocycles. The summed E-state index contributed by atoms with van der Waals surface area (Å²) in [6.07, 6.45) is 2.11. The van der Waals surface area contributed by atoms with E-state index in [1.54, 1.807) is 24.9 Å². The van der Waals surface area contributed by atoms with Gasteiger partial charge in [-0.25, -0.2) is 9.78 Å². The molecule has 2 aromatic rings. The maximum Gasteiger partial charge on any atom is 0.332 e. The molecular weight excluding hydrogens is 298 g/mol. The van der Waals surface area contributed by atoms with Crippen molar-refractivity contribution in [3.63, 3.8) is 0 Å². The lowest BCUT2D eigenvalue weighted by Crippen LogP contribution is -2.45.